The van der Waals surface area contributed by atoms with Gasteiger partial charge in [-0.15, -0.1) is 0 Å². The Morgan fingerprint density at radius 1 is 1.28 bits per heavy atom. The monoisotopic (exact) mass is 469 g/mol. The molecule has 0 saturated heterocycles. The third kappa shape index (κ3) is 6.98. The number of carbonyl (C=O) groups is 1. The molecule has 0 amide bonds. The maximum Gasteiger partial charge on any atom is 0.365 e. The molecule has 0 aliphatic rings. The number of carbonyl (C=O) groups excluding carboxylic acids is 1. The Labute approximate surface area is 187 Å². The molecule has 0 radical (unpaired) electrons. The number of esters is 1. The Morgan fingerprint density at radius 3 is 2.59 bits per heavy atom. The van der Waals surface area contributed by atoms with Gasteiger partial charge in [-0.2, -0.15) is 0 Å². The number of nitrogen functional groups attached to an aromatic ring is 1. The number of nitrogens with two attached hydrogens (primary N) is 1. The molecule has 12 nitrogen and oxygen atoms in total. The van der Waals surface area contributed by atoms with Crippen molar-refractivity contribution in [2.24, 2.45) is 5.16 Å². The maximum atomic E-state index is 13.5. The molecule has 2 aromatic rings. The number of imidazole rings is 1. The Morgan fingerprint density at radius 2 is 1.97 bits per heavy atom. The van der Waals surface area contributed by atoms with Crippen molar-refractivity contribution in [3.8, 4) is 0 Å². The fourth-order valence-electron chi connectivity index (χ4n) is 2.64. The van der Waals surface area contributed by atoms with Gasteiger partial charge in [0.2, 0.25) is 0 Å². The van der Waals surface area contributed by atoms with Gasteiger partial charge in [0.15, 0.2) is 11.5 Å². The number of aromatic nitrogens is 4. The Hall–Kier alpha value is -2.56. The molecule has 0 unspecified atom stereocenters. The molecule has 3 N–H and O–H groups in total. The molecule has 178 valence electrons. The Balaban J connectivity index is 2.11. The number of hydrogen-bond donors (Lipinski definition) is 2. The summed E-state index contributed by atoms with van der Waals surface area (Å²) in [7, 11) is -3.72. The molecule has 2 atom stereocenters. The summed E-state index contributed by atoms with van der Waals surface area (Å²) in [6.07, 6.45) is 1.89. The van der Waals surface area contributed by atoms with Crippen molar-refractivity contribution in [3.05, 3.63) is 12.7 Å². The minimum absolute atomic E-state index is 0.285. The van der Waals surface area contributed by atoms with E-state index in [-0.39, 0.29) is 18.3 Å². The summed E-state index contributed by atoms with van der Waals surface area (Å²) in [4.78, 5) is 24.8. The Kier molecular flexibility index (Phi) is 8.33. The molecule has 2 rings (SSSR count). The standard InChI is InChI=1S/C19H32N7O5P/c1-12(2)24-31-32(28,25-19(6,7)18(27)30-13(3)4)11-29-14(5)8-26-10-23-15-16(20)21-9-22-17(15)26/h9-10,13-14H,8,11H2,1-7H3,(H,25,28)(H2,20,21,22)/t14-,32-/m1/s1. The second kappa shape index (κ2) is 10.4. The van der Waals surface area contributed by atoms with Gasteiger partial charge in [0.1, 0.15) is 23.7 Å². The van der Waals surface area contributed by atoms with E-state index in [0.717, 1.165) is 0 Å². The lowest BCUT2D eigenvalue weighted by Crippen LogP contribution is -2.47. The lowest BCUT2D eigenvalue weighted by Gasteiger charge is -2.29. The van der Waals surface area contributed by atoms with Crippen LogP contribution in [-0.2, 0) is 30.0 Å². The van der Waals surface area contributed by atoms with Gasteiger partial charge in [-0.3, -0.25) is 9.36 Å². The fraction of sp³-hybridized carbons (Fsp3) is 0.632. The molecule has 13 heteroatoms. The van der Waals surface area contributed by atoms with E-state index in [9.17, 15) is 9.36 Å². The molecular formula is C19H32N7O5P. The van der Waals surface area contributed by atoms with Crippen LogP contribution < -0.4 is 10.8 Å². The highest BCUT2D eigenvalue weighted by Crippen LogP contribution is 2.45. The zero-order chi connectivity index (χ0) is 24.1. The van der Waals surface area contributed by atoms with E-state index < -0.39 is 25.1 Å². The van der Waals surface area contributed by atoms with Crippen LogP contribution in [0.4, 0.5) is 5.82 Å². The predicted molar refractivity (Wildman–Crippen MR) is 121 cm³/mol. The van der Waals surface area contributed by atoms with Crippen molar-refractivity contribution in [2.75, 3.05) is 12.1 Å². The summed E-state index contributed by atoms with van der Waals surface area (Å²) in [6, 6.07) is 0. The number of nitrogens with zero attached hydrogens (tertiary/aromatic N) is 5. The van der Waals surface area contributed by atoms with E-state index >= 15 is 0 Å². The van der Waals surface area contributed by atoms with Crippen LogP contribution in [-0.4, -0.2) is 55.3 Å². The number of rotatable bonds is 11. The van der Waals surface area contributed by atoms with Gasteiger partial charge in [-0.25, -0.2) is 20.0 Å². The van der Waals surface area contributed by atoms with Gasteiger partial charge in [0, 0.05) is 0 Å². The van der Waals surface area contributed by atoms with Gasteiger partial charge >= 0.3 is 13.5 Å². The third-order valence-corrected chi connectivity index (χ3v) is 5.80. The van der Waals surface area contributed by atoms with Crippen molar-refractivity contribution >= 4 is 36.2 Å². The predicted octanol–water partition coefficient (Wildman–Crippen LogP) is 2.70. The quantitative estimate of drug-likeness (QED) is 0.217. The van der Waals surface area contributed by atoms with Gasteiger partial charge < -0.3 is 24.4 Å². The molecule has 0 aromatic carbocycles. The molecule has 0 fully saturated rings. The first-order chi connectivity index (χ1) is 14.8. The van der Waals surface area contributed by atoms with Gasteiger partial charge in [-0.1, -0.05) is 5.16 Å². The number of nitrogens with one attached hydrogen (secondary N) is 1. The van der Waals surface area contributed by atoms with Crippen LogP contribution in [0.3, 0.4) is 0 Å². The lowest BCUT2D eigenvalue weighted by atomic mass is 10.1. The molecule has 0 bridgehead atoms. The lowest BCUT2D eigenvalue weighted by molar-refractivity contribution is -0.153. The number of oxime groups is 1. The van der Waals surface area contributed by atoms with Crippen LogP contribution in [0, 0.1) is 0 Å². The van der Waals surface area contributed by atoms with Crippen LogP contribution >= 0.6 is 7.52 Å². The van der Waals surface area contributed by atoms with Gasteiger partial charge in [0.05, 0.1) is 30.8 Å². The van der Waals surface area contributed by atoms with Crippen molar-refractivity contribution in [1.29, 1.82) is 0 Å². The van der Waals surface area contributed by atoms with E-state index in [1.807, 2.05) is 0 Å². The number of anilines is 1. The highest BCUT2D eigenvalue weighted by atomic mass is 31.2. The van der Waals surface area contributed by atoms with Gasteiger partial charge in [-0.05, 0) is 48.5 Å². The largest absolute Gasteiger partial charge is 0.462 e. The zero-order valence-electron chi connectivity index (χ0n) is 19.5. The van der Waals surface area contributed by atoms with E-state index in [0.29, 0.717) is 23.4 Å². The summed E-state index contributed by atoms with van der Waals surface area (Å²) < 4.78 is 31.6. The van der Waals surface area contributed by atoms with E-state index in [1.165, 1.54) is 6.33 Å². The van der Waals surface area contributed by atoms with Crippen molar-refractivity contribution in [3.63, 3.8) is 0 Å². The maximum absolute atomic E-state index is 13.5. The molecule has 0 spiro atoms. The number of ether oxygens (including phenoxy) is 2. The highest BCUT2D eigenvalue weighted by molar-refractivity contribution is 7.56. The first kappa shape index (κ1) is 25.7. The minimum atomic E-state index is -3.72. The van der Waals surface area contributed by atoms with Crippen LogP contribution in [0.1, 0.15) is 48.5 Å². The summed E-state index contributed by atoms with van der Waals surface area (Å²) in [5, 5.41) is 6.57. The van der Waals surface area contributed by atoms with Crippen molar-refractivity contribution in [1.82, 2.24) is 24.6 Å². The summed E-state index contributed by atoms with van der Waals surface area (Å²) in [6.45, 7) is 12.1. The van der Waals surface area contributed by atoms with E-state index in [1.54, 1.807) is 59.4 Å². The molecule has 0 aliphatic carbocycles. The van der Waals surface area contributed by atoms with Crippen LogP contribution in [0.15, 0.2) is 17.8 Å². The average molecular weight is 469 g/mol. The Bertz CT molecular complexity index is 1020. The first-order valence-corrected chi connectivity index (χ1v) is 12.0. The molecule has 32 heavy (non-hydrogen) atoms. The normalized spacial score (nSPS) is 14.8. The average Bonchev–Trinajstić information content (AvgIpc) is 3.08. The van der Waals surface area contributed by atoms with E-state index in [4.69, 9.17) is 19.8 Å². The smallest absolute Gasteiger partial charge is 0.365 e. The molecule has 2 aromatic heterocycles. The summed E-state index contributed by atoms with van der Waals surface area (Å²) in [5.74, 6) is -0.281. The number of hydrogen-bond acceptors (Lipinski definition) is 10. The van der Waals surface area contributed by atoms with Crippen molar-refractivity contribution in [2.45, 2.75) is 72.8 Å². The molecule has 2 heterocycles. The van der Waals surface area contributed by atoms with Crippen LogP contribution in [0.25, 0.3) is 11.2 Å². The molecule has 0 saturated carbocycles. The topological polar surface area (TPSA) is 156 Å². The second-order valence-corrected chi connectivity index (χ2v) is 10.4. The zero-order valence-corrected chi connectivity index (χ0v) is 20.4. The first-order valence-electron chi connectivity index (χ1n) is 10.2. The number of fused-ring (bicyclic) bond motifs is 1. The summed E-state index contributed by atoms with van der Waals surface area (Å²) >= 11 is 0. The molecular weight excluding hydrogens is 437 g/mol. The second-order valence-electron chi connectivity index (χ2n) is 8.42. The summed E-state index contributed by atoms with van der Waals surface area (Å²) in [5.41, 5.74) is 6.14. The van der Waals surface area contributed by atoms with E-state index in [2.05, 4.69) is 25.2 Å². The SMILES string of the molecule is CC(C)=NO[P@](=O)(CO[C@H](C)Cn1cnc2c(N)ncnc21)NC(C)(C)C(=O)OC(C)C. The third-order valence-electron chi connectivity index (χ3n) is 4.07. The minimum Gasteiger partial charge on any atom is -0.462 e. The van der Waals surface area contributed by atoms with Crippen LogP contribution in [0.2, 0.25) is 0 Å². The highest BCUT2D eigenvalue weighted by Gasteiger charge is 2.40. The van der Waals surface area contributed by atoms with Gasteiger partial charge in [0.25, 0.3) is 0 Å². The fourth-order valence-corrected chi connectivity index (χ4v) is 4.49. The van der Waals surface area contributed by atoms with Crippen molar-refractivity contribution < 1.29 is 23.5 Å². The van der Waals surface area contributed by atoms with Crippen LogP contribution in [0.5, 0.6) is 0 Å². The molecule has 0 aliphatic heterocycles.